The van der Waals surface area contributed by atoms with Crippen molar-refractivity contribution >= 4 is 47.4 Å². The first-order chi connectivity index (χ1) is 16.7. The van der Waals surface area contributed by atoms with Gasteiger partial charge in [-0.25, -0.2) is 0 Å². The van der Waals surface area contributed by atoms with Gasteiger partial charge >= 0.3 is 0 Å². The molecule has 1 N–H and O–H groups in total. The first-order valence-corrected chi connectivity index (χ1v) is 12.9. The predicted octanol–water partition coefficient (Wildman–Crippen LogP) is 8.75. The summed E-state index contributed by atoms with van der Waals surface area (Å²) in [7, 11) is 0. The second kappa shape index (κ2) is 7.38. The number of aliphatic hydroxyl groups is 1. The minimum atomic E-state index is -1.24. The van der Waals surface area contributed by atoms with E-state index in [1.54, 1.807) is 0 Å². The summed E-state index contributed by atoms with van der Waals surface area (Å²) in [6.07, 6.45) is 0. The topological polar surface area (TPSA) is 20.2 Å². The van der Waals surface area contributed by atoms with Gasteiger partial charge in [-0.1, -0.05) is 113 Å². The molecule has 6 aromatic rings. The molecule has 1 nitrogen and oxygen atoms in total. The smallest absolute Gasteiger partial charge is 0.142 e. The van der Waals surface area contributed by atoms with Crippen molar-refractivity contribution in [2.45, 2.75) is 5.60 Å². The zero-order valence-electron chi connectivity index (χ0n) is 18.1. The van der Waals surface area contributed by atoms with Gasteiger partial charge in [0.1, 0.15) is 5.60 Å². The van der Waals surface area contributed by atoms with Crippen LogP contribution in [0.15, 0.2) is 114 Å². The molecule has 0 bridgehead atoms. The standard InChI is InChI=1S/C31H19BrOS/c32-27-17-8-16-26-29(27)23-11-2-5-15-25(23)31(26,33)24-14-4-1-9-19(24)21-12-7-13-22-20-10-3-6-18-28(20)34-30(21)22/h1-18,33H/t31-/m1/s1. The Morgan fingerprint density at radius 1 is 0.559 bits per heavy atom. The van der Waals surface area contributed by atoms with E-state index < -0.39 is 5.60 Å². The minimum absolute atomic E-state index is 0.907. The molecule has 0 aliphatic heterocycles. The van der Waals surface area contributed by atoms with Crippen molar-refractivity contribution in [3.05, 3.63) is 130 Å². The molecule has 7 rings (SSSR count). The van der Waals surface area contributed by atoms with Crippen LogP contribution in [-0.4, -0.2) is 5.11 Å². The van der Waals surface area contributed by atoms with Crippen molar-refractivity contribution in [1.82, 2.24) is 0 Å². The van der Waals surface area contributed by atoms with Crippen molar-refractivity contribution in [2.24, 2.45) is 0 Å². The molecule has 1 heterocycles. The maximum absolute atomic E-state index is 12.6. The zero-order chi connectivity index (χ0) is 22.9. The molecule has 1 aromatic heterocycles. The van der Waals surface area contributed by atoms with Crippen LogP contribution in [0.1, 0.15) is 16.7 Å². The molecule has 162 valence electrons. The van der Waals surface area contributed by atoms with Gasteiger partial charge in [-0.3, -0.25) is 0 Å². The van der Waals surface area contributed by atoms with Gasteiger partial charge in [0.2, 0.25) is 0 Å². The molecule has 1 atom stereocenters. The predicted molar refractivity (Wildman–Crippen MR) is 146 cm³/mol. The van der Waals surface area contributed by atoms with Gasteiger partial charge in [-0.05, 0) is 28.8 Å². The molecular weight excluding hydrogens is 500 g/mol. The lowest BCUT2D eigenvalue weighted by molar-refractivity contribution is 0.131. The van der Waals surface area contributed by atoms with E-state index in [1.807, 2.05) is 41.7 Å². The Labute approximate surface area is 210 Å². The third kappa shape index (κ3) is 2.63. The monoisotopic (exact) mass is 518 g/mol. The summed E-state index contributed by atoms with van der Waals surface area (Å²) < 4.78 is 3.53. The maximum atomic E-state index is 12.6. The van der Waals surface area contributed by atoms with Crippen LogP contribution in [0.4, 0.5) is 0 Å². The highest BCUT2D eigenvalue weighted by Crippen LogP contribution is 2.55. The highest BCUT2D eigenvalue weighted by atomic mass is 79.9. The van der Waals surface area contributed by atoms with Crippen LogP contribution in [0.25, 0.3) is 42.4 Å². The van der Waals surface area contributed by atoms with Crippen LogP contribution >= 0.6 is 27.3 Å². The Hall–Kier alpha value is -3.24. The number of halogens is 1. The fourth-order valence-corrected chi connectivity index (χ4v) is 7.35. The number of benzene rings is 5. The molecule has 0 fully saturated rings. The average Bonchev–Trinajstić information content (AvgIpc) is 3.39. The maximum Gasteiger partial charge on any atom is 0.142 e. The van der Waals surface area contributed by atoms with E-state index in [0.717, 1.165) is 43.4 Å². The highest BCUT2D eigenvalue weighted by Gasteiger charge is 2.45. The average molecular weight is 519 g/mol. The molecule has 0 radical (unpaired) electrons. The molecule has 3 heteroatoms. The number of rotatable bonds is 2. The summed E-state index contributed by atoms with van der Waals surface area (Å²) in [5.41, 5.74) is 5.85. The van der Waals surface area contributed by atoms with Crippen LogP contribution in [0.3, 0.4) is 0 Å². The molecular formula is C31H19BrOS. The number of hydrogen-bond donors (Lipinski definition) is 1. The Bertz CT molecular complexity index is 1750. The third-order valence-electron chi connectivity index (χ3n) is 7.00. The molecule has 1 aliphatic carbocycles. The number of hydrogen-bond acceptors (Lipinski definition) is 2. The number of thiophene rings is 1. The Kier molecular flexibility index (Phi) is 4.38. The highest BCUT2D eigenvalue weighted by molar-refractivity contribution is 9.10. The van der Waals surface area contributed by atoms with Crippen molar-refractivity contribution in [3.8, 4) is 22.3 Å². The van der Waals surface area contributed by atoms with Gasteiger partial charge in [0.25, 0.3) is 0 Å². The van der Waals surface area contributed by atoms with Gasteiger partial charge < -0.3 is 5.11 Å². The summed E-state index contributed by atoms with van der Waals surface area (Å²) in [6, 6.07) is 37.7. The van der Waals surface area contributed by atoms with Crippen LogP contribution in [0.2, 0.25) is 0 Å². The van der Waals surface area contributed by atoms with Crippen molar-refractivity contribution < 1.29 is 5.11 Å². The first-order valence-electron chi connectivity index (χ1n) is 11.3. The van der Waals surface area contributed by atoms with Gasteiger partial charge in [0, 0.05) is 46.9 Å². The van der Waals surface area contributed by atoms with Crippen molar-refractivity contribution in [1.29, 1.82) is 0 Å². The third-order valence-corrected chi connectivity index (χ3v) is 8.88. The normalized spacial score (nSPS) is 16.6. The Morgan fingerprint density at radius 3 is 2.00 bits per heavy atom. The van der Waals surface area contributed by atoms with Gasteiger partial charge in [0.05, 0.1) is 0 Å². The van der Waals surface area contributed by atoms with Crippen molar-refractivity contribution in [3.63, 3.8) is 0 Å². The summed E-state index contributed by atoms with van der Waals surface area (Å²) in [5, 5.41) is 15.2. The molecule has 34 heavy (non-hydrogen) atoms. The van der Waals surface area contributed by atoms with Crippen LogP contribution in [-0.2, 0) is 5.60 Å². The lowest BCUT2D eigenvalue weighted by Crippen LogP contribution is -2.27. The van der Waals surface area contributed by atoms with Crippen LogP contribution < -0.4 is 0 Å². The minimum Gasteiger partial charge on any atom is -0.376 e. The zero-order valence-corrected chi connectivity index (χ0v) is 20.5. The molecule has 0 spiro atoms. The summed E-state index contributed by atoms with van der Waals surface area (Å²) in [5.74, 6) is 0. The molecule has 0 saturated carbocycles. The fraction of sp³-hybridized carbons (Fsp3) is 0.0323. The molecule has 0 unspecified atom stereocenters. The summed E-state index contributed by atoms with van der Waals surface area (Å²) in [6.45, 7) is 0. The SMILES string of the molecule is O[C@]1(c2ccccc2-c2cccc3c2sc2ccccc23)c2ccccc2-c2c(Br)cccc21. The van der Waals surface area contributed by atoms with Gasteiger partial charge in [-0.15, -0.1) is 11.3 Å². The van der Waals surface area contributed by atoms with Crippen molar-refractivity contribution in [2.75, 3.05) is 0 Å². The molecule has 1 aliphatic rings. The van der Waals surface area contributed by atoms with E-state index in [4.69, 9.17) is 0 Å². The van der Waals surface area contributed by atoms with Crippen LogP contribution in [0.5, 0.6) is 0 Å². The lowest BCUT2D eigenvalue weighted by atomic mass is 9.80. The van der Waals surface area contributed by atoms with E-state index in [9.17, 15) is 5.11 Å². The summed E-state index contributed by atoms with van der Waals surface area (Å²) in [4.78, 5) is 0. The van der Waals surface area contributed by atoms with E-state index in [2.05, 4.69) is 94.8 Å². The van der Waals surface area contributed by atoms with E-state index in [1.165, 1.54) is 20.2 Å². The second-order valence-corrected chi connectivity index (χ2v) is 10.7. The second-order valence-electron chi connectivity index (χ2n) is 8.74. The molecule has 0 saturated heterocycles. The fourth-order valence-electron chi connectivity index (χ4n) is 5.54. The van der Waals surface area contributed by atoms with E-state index >= 15 is 0 Å². The first kappa shape index (κ1) is 20.2. The quantitative estimate of drug-likeness (QED) is 0.243. The Balaban J connectivity index is 1.57. The van der Waals surface area contributed by atoms with Gasteiger partial charge in [0.15, 0.2) is 0 Å². The van der Waals surface area contributed by atoms with Gasteiger partial charge in [-0.2, -0.15) is 0 Å². The summed E-state index contributed by atoms with van der Waals surface area (Å²) >= 11 is 5.57. The Morgan fingerprint density at radius 2 is 1.15 bits per heavy atom. The molecule has 5 aromatic carbocycles. The largest absolute Gasteiger partial charge is 0.376 e. The van der Waals surface area contributed by atoms with E-state index in [0.29, 0.717) is 0 Å². The lowest BCUT2D eigenvalue weighted by Gasteiger charge is -2.29. The number of fused-ring (bicyclic) bond motifs is 6. The van der Waals surface area contributed by atoms with Crippen LogP contribution in [0, 0.1) is 0 Å². The molecule has 0 amide bonds. The van der Waals surface area contributed by atoms with E-state index in [-0.39, 0.29) is 0 Å².